The molecule has 1 saturated carbocycles. The fourth-order valence-electron chi connectivity index (χ4n) is 3.25. The molecule has 6 nitrogen and oxygen atoms in total. The van der Waals surface area contributed by atoms with Gasteiger partial charge in [0.15, 0.2) is 5.69 Å². The number of nitrogens with one attached hydrogen (secondary N) is 1. The van der Waals surface area contributed by atoms with E-state index in [1.54, 1.807) is 16.0 Å². The minimum absolute atomic E-state index is 0.231. The monoisotopic (exact) mass is 453 g/mol. The van der Waals surface area contributed by atoms with Crippen LogP contribution in [-0.2, 0) is 0 Å². The summed E-state index contributed by atoms with van der Waals surface area (Å²) < 4.78 is 3.83. The Morgan fingerprint density at radius 2 is 2.00 bits per heavy atom. The number of halogens is 1. The Labute approximate surface area is 173 Å². The molecule has 0 bridgehead atoms. The predicted molar refractivity (Wildman–Crippen MR) is 113 cm³/mol. The molecule has 0 aliphatic heterocycles. The van der Waals surface area contributed by atoms with Gasteiger partial charge < -0.3 is 5.32 Å². The number of carbonyl (C=O) groups excluding carboxylic acids is 1. The summed E-state index contributed by atoms with van der Waals surface area (Å²) in [7, 11) is 0. The van der Waals surface area contributed by atoms with E-state index in [4.69, 9.17) is 0 Å². The van der Waals surface area contributed by atoms with Crippen LogP contribution < -0.4 is 5.32 Å². The van der Waals surface area contributed by atoms with Crippen molar-refractivity contribution in [1.82, 2.24) is 20.0 Å². The Hall–Kier alpha value is -2.58. The number of aromatic nitrogens is 4. The summed E-state index contributed by atoms with van der Waals surface area (Å²) in [5.74, 6) is 0.0943. The fraction of sp³-hybridized carbons (Fsp3) is 0.200. The smallest absolute Gasteiger partial charge is 0.278 e. The number of thiazole rings is 1. The van der Waals surface area contributed by atoms with Crippen molar-refractivity contribution in [3.63, 3.8) is 0 Å². The number of aryl methyl sites for hydroxylation is 1. The SMILES string of the molecule is Cc1nc2ccc(NC(=O)c3nnn(-c4ccc(Br)cc4)c3C3CC3)cc2s1. The third kappa shape index (κ3) is 3.22. The molecule has 28 heavy (non-hydrogen) atoms. The Kier molecular flexibility index (Phi) is 4.25. The molecular weight excluding hydrogens is 438 g/mol. The van der Waals surface area contributed by atoms with Crippen molar-refractivity contribution < 1.29 is 4.79 Å². The van der Waals surface area contributed by atoms with Crippen LogP contribution in [0.15, 0.2) is 46.9 Å². The lowest BCUT2D eigenvalue weighted by Gasteiger charge is -2.08. The molecule has 2 aromatic heterocycles. The van der Waals surface area contributed by atoms with Crippen molar-refractivity contribution in [3.8, 4) is 5.69 Å². The molecule has 1 fully saturated rings. The van der Waals surface area contributed by atoms with Gasteiger partial charge >= 0.3 is 0 Å². The highest BCUT2D eigenvalue weighted by molar-refractivity contribution is 9.10. The number of hydrogen-bond acceptors (Lipinski definition) is 5. The zero-order valence-electron chi connectivity index (χ0n) is 15.0. The molecule has 0 radical (unpaired) electrons. The van der Waals surface area contributed by atoms with E-state index >= 15 is 0 Å². The van der Waals surface area contributed by atoms with E-state index in [0.29, 0.717) is 11.6 Å². The highest BCUT2D eigenvalue weighted by Gasteiger charge is 2.34. The van der Waals surface area contributed by atoms with Gasteiger partial charge in [0.1, 0.15) is 0 Å². The quantitative estimate of drug-likeness (QED) is 0.467. The van der Waals surface area contributed by atoms with Crippen molar-refractivity contribution in [3.05, 3.63) is 63.3 Å². The molecular formula is C20H16BrN5OS. The van der Waals surface area contributed by atoms with Crippen LogP contribution in [0.3, 0.4) is 0 Å². The summed E-state index contributed by atoms with van der Waals surface area (Å²) in [6, 6.07) is 13.6. The molecule has 0 saturated heterocycles. The first kappa shape index (κ1) is 17.5. The average Bonchev–Trinajstić information content (AvgIpc) is 3.30. The lowest BCUT2D eigenvalue weighted by atomic mass is 10.2. The molecule has 1 N–H and O–H groups in total. The highest BCUT2D eigenvalue weighted by Crippen LogP contribution is 2.42. The van der Waals surface area contributed by atoms with E-state index < -0.39 is 0 Å². The van der Waals surface area contributed by atoms with Crippen LogP contribution in [0, 0.1) is 6.92 Å². The summed E-state index contributed by atoms with van der Waals surface area (Å²) in [4.78, 5) is 17.4. The second kappa shape index (κ2) is 6.79. The van der Waals surface area contributed by atoms with Crippen LogP contribution in [0.4, 0.5) is 5.69 Å². The standard InChI is InChI=1S/C20H16BrN5OS/c1-11-22-16-9-6-14(10-17(16)28-11)23-20(27)18-19(12-2-3-12)26(25-24-18)15-7-4-13(21)5-8-15/h4-10,12H,2-3H2,1H3,(H,23,27). The number of rotatable bonds is 4. The van der Waals surface area contributed by atoms with Gasteiger partial charge in [0, 0.05) is 16.1 Å². The first-order valence-corrected chi connectivity index (χ1v) is 10.6. The largest absolute Gasteiger partial charge is 0.320 e. The van der Waals surface area contributed by atoms with E-state index in [-0.39, 0.29) is 5.91 Å². The van der Waals surface area contributed by atoms with Gasteiger partial charge in [-0.3, -0.25) is 4.79 Å². The maximum absolute atomic E-state index is 13.0. The molecule has 1 aliphatic rings. The first-order chi connectivity index (χ1) is 13.6. The van der Waals surface area contributed by atoms with Crippen LogP contribution in [-0.4, -0.2) is 25.9 Å². The van der Waals surface area contributed by atoms with Gasteiger partial charge in [-0.25, -0.2) is 9.67 Å². The van der Waals surface area contributed by atoms with Crippen molar-refractivity contribution in [2.24, 2.45) is 0 Å². The molecule has 2 aromatic carbocycles. The van der Waals surface area contributed by atoms with Gasteiger partial charge in [-0.2, -0.15) is 0 Å². The minimum atomic E-state index is -0.231. The number of nitrogens with zero attached hydrogens (tertiary/aromatic N) is 4. The van der Waals surface area contributed by atoms with Crippen LogP contribution in [0.5, 0.6) is 0 Å². The van der Waals surface area contributed by atoms with E-state index in [1.165, 1.54) is 0 Å². The lowest BCUT2D eigenvalue weighted by Crippen LogP contribution is -2.15. The third-order valence-corrected chi connectivity index (χ3v) is 6.17. The summed E-state index contributed by atoms with van der Waals surface area (Å²) >= 11 is 5.06. The molecule has 0 spiro atoms. The summed E-state index contributed by atoms with van der Waals surface area (Å²) in [6.07, 6.45) is 2.10. The van der Waals surface area contributed by atoms with Gasteiger partial charge in [-0.15, -0.1) is 16.4 Å². The number of anilines is 1. The van der Waals surface area contributed by atoms with Crippen molar-refractivity contribution >= 4 is 49.1 Å². The number of amides is 1. The van der Waals surface area contributed by atoms with E-state index in [9.17, 15) is 4.79 Å². The molecule has 8 heteroatoms. The Morgan fingerprint density at radius 1 is 1.21 bits per heavy atom. The van der Waals surface area contributed by atoms with Gasteiger partial charge in [0.25, 0.3) is 5.91 Å². The normalized spacial score (nSPS) is 13.8. The molecule has 4 aromatic rings. The van der Waals surface area contributed by atoms with Crippen molar-refractivity contribution in [2.75, 3.05) is 5.32 Å². The van der Waals surface area contributed by atoms with E-state index in [2.05, 4.69) is 36.5 Å². The molecule has 0 unspecified atom stereocenters. The van der Waals surface area contributed by atoms with Crippen molar-refractivity contribution in [2.45, 2.75) is 25.7 Å². The second-order valence-corrected chi connectivity index (χ2v) is 9.01. The average molecular weight is 454 g/mol. The molecule has 2 heterocycles. The third-order valence-electron chi connectivity index (χ3n) is 4.71. The van der Waals surface area contributed by atoms with Gasteiger partial charge in [0.2, 0.25) is 0 Å². The molecule has 0 atom stereocenters. The molecule has 1 amide bonds. The zero-order valence-corrected chi connectivity index (χ0v) is 17.4. The maximum atomic E-state index is 13.0. The Morgan fingerprint density at radius 3 is 2.75 bits per heavy atom. The van der Waals surface area contributed by atoms with Gasteiger partial charge in [-0.05, 0) is 62.2 Å². The number of benzene rings is 2. The summed E-state index contributed by atoms with van der Waals surface area (Å²) in [6.45, 7) is 1.98. The van der Waals surface area contributed by atoms with Crippen LogP contribution in [0.2, 0.25) is 0 Å². The topological polar surface area (TPSA) is 72.7 Å². The van der Waals surface area contributed by atoms with Gasteiger partial charge in [0.05, 0.1) is 26.6 Å². The fourth-order valence-corrected chi connectivity index (χ4v) is 4.39. The van der Waals surface area contributed by atoms with Gasteiger partial charge in [-0.1, -0.05) is 21.1 Å². The predicted octanol–water partition coefficient (Wildman–Crippen LogP) is 5.08. The number of hydrogen-bond donors (Lipinski definition) is 1. The Bertz CT molecular complexity index is 1190. The molecule has 5 rings (SSSR count). The zero-order chi connectivity index (χ0) is 19.3. The maximum Gasteiger partial charge on any atom is 0.278 e. The van der Waals surface area contributed by atoms with Crippen LogP contribution >= 0.6 is 27.3 Å². The summed E-state index contributed by atoms with van der Waals surface area (Å²) in [5, 5.41) is 12.5. The first-order valence-electron chi connectivity index (χ1n) is 8.98. The van der Waals surface area contributed by atoms with Crippen molar-refractivity contribution in [1.29, 1.82) is 0 Å². The van der Waals surface area contributed by atoms with Crippen LogP contribution in [0.1, 0.15) is 39.9 Å². The molecule has 1 aliphatic carbocycles. The van der Waals surface area contributed by atoms with E-state index in [1.807, 2.05) is 49.4 Å². The second-order valence-electron chi connectivity index (χ2n) is 6.86. The van der Waals surface area contributed by atoms with E-state index in [0.717, 1.165) is 49.6 Å². The minimum Gasteiger partial charge on any atom is -0.320 e. The highest BCUT2D eigenvalue weighted by atomic mass is 79.9. The van der Waals surface area contributed by atoms with Crippen LogP contribution in [0.25, 0.3) is 15.9 Å². The number of carbonyl (C=O) groups is 1. The molecule has 140 valence electrons. The summed E-state index contributed by atoms with van der Waals surface area (Å²) in [5.41, 5.74) is 3.86. The Balaban J connectivity index is 1.48. The number of fused-ring (bicyclic) bond motifs is 1. The lowest BCUT2D eigenvalue weighted by molar-refractivity contribution is 0.102.